The largest absolute Gasteiger partial charge is 0.382 e. The minimum Gasteiger partial charge on any atom is -0.382 e. The Balaban J connectivity index is 2.07. The summed E-state index contributed by atoms with van der Waals surface area (Å²) in [7, 11) is 0. The lowest BCUT2D eigenvalue weighted by molar-refractivity contribution is -0.0932. The topological polar surface area (TPSA) is 85.8 Å². The number of rotatable bonds is 4. The number of fused-ring (bicyclic) bond motifs is 1. The van der Waals surface area contributed by atoms with E-state index in [0.717, 1.165) is 17.8 Å². The van der Waals surface area contributed by atoms with E-state index in [1.807, 2.05) is 6.07 Å². The molecule has 0 fully saturated rings. The van der Waals surface area contributed by atoms with Crippen LogP contribution in [0.2, 0.25) is 0 Å². The van der Waals surface area contributed by atoms with Crippen LogP contribution in [0.25, 0.3) is 16.9 Å². The van der Waals surface area contributed by atoms with Crippen LogP contribution in [-0.2, 0) is 6.54 Å². The first kappa shape index (κ1) is 15.2. The third-order valence-corrected chi connectivity index (χ3v) is 3.39. The third-order valence-electron chi connectivity index (χ3n) is 3.39. The van der Waals surface area contributed by atoms with Crippen molar-refractivity contribution in [2.24, 2.45) is 0 Å². The highest BCUT2D eigenvalue weighted by atomic mass is 19.3. The molecule has 3 rings (SSSR count). The molecule has 1 aromatic carbocycles. The number of para-hydroxylation sites is 1. The highest BCUT2D eigenvalue weighted by Gasteiger charge is 2.33. The molecule has 2 heterocycles. The van der Waals surface area contributed by atoms with Gasteiger partial charge in [-0.15, -0.1) is 5.10 Å². The molecule has 9 heteroatoms. The maximum absolute atomic E-state index is 12.8. The van der Waals surface area contributed by atoms with Gasteiger partial charge in [-0.1, -0.05) is 23.4 Å². The fourth-order valence-corrected chi connectivity index (χ4v) is 2.11. The summed E-state index contributed by atoms with van der Waals surface area (Å²) in [6.07, 6.45) is -1.89. The molecule has 0 bridgehead atoms. The van der Waals surface area contributed by atoms with Crippen molar-refractivity contribution in [3.63, 3.8) is 0 Å². The molecule has 1 atom stereocenters. The molecule has 23 heavy (non-hydrogen) atoms. The Morgan fingerprint density at radius 1 is 1.30 bits per heavy atom. The molecule has 0 saturated heterocycles. The molecule has 0 aliphatic rings. The number of hydrogen-bond donors (Lipinski definition) is 1. The minimum absolute atomic E-state index is 0.0542. The Kier molecular flexibility index (Phi) is 3.64. The number of hydrogen-bond acceptors (Lipinski definition) is 5. The van der Waals surface area contributed by atoms with Crippen molar-refractivity contribution < 1.29 is 13.9 Å². The Morgan fingerprint density at radius 2 is 2.00 bits per heavy atom. The molecule has 1 unspecified atom stereocenters. The first-order chi connectivity index (χ1) is 10.9. The number of halogens is 2. The van der Waals surface area contributed by atoms with Gasteiger partial charge in [0.25, 0.3) is 12.0 Å². The molecule has 0 saturated carbocycles. The highest BCUT2D eigenvalue weighted by Crippen LogP contribution is 2.17. The Bertz CT molecular complexity index is 889. The maximum Gasteiger partial charge on any atom is 0.283 e. The van der Waals surface area contributed by atoms with Gasteiger partial charge in [0.2, 0.25) is 0 Å². The second kappa shape index (κ2) is 5.51. The average molecular weight is 321 g/mol. The summed E-state index contributed by atoms with van der Waals surface area (Å²) in [4.78, 5) is 16.4. The quantitative estimate of drug-likeness (QED) is 0.774. The van der Waals surface area contributed by atoms with Crippen LogP contribution in [0.4, 0.5) is 8.78 Å². The van der Waals surface area contributed by atoms with Gasteiger partial charge < -0.3 is 5.11 Å². The van der Waals surface area contributed by atoms with Crippen LogP contribution in [0, 0.1) is 0 Å². The number of nitrogens with zero attached hydrogens (tertiary/aromatic N) is 5. The first-order valence-electron chi connectivity index (χ1n) is 6.77. The van der Waals surface area contributed by atoms with Gasteiger partial charge in [0.15, 0.2) is 11.2 Å². The van der Waals surface area contributed by atoms with Crippen molar-refractivity contribution in [3.05, 3.63) is 47.0 Å². The smallest absolute Gasteiger partial charge is 0.283 e. The molecule has 0 amide bonds. The third kappa shape index (κ3) is 2.70. The Hall–Kier alpha value is -2.68. The van der Waals surface area contributed by atoms with Crippen LogP contribution >= 0.6 is 0 Å². The van der Waals surface area contributed by atoms with Crippen molar-refractivity contribution in [2.75, 3.05) is 0 Å². The van der Waals surface area contributed by atoms with Crippen LogP contribution in [0.3, 0.4) is 0 Å². The molecule has 1 N–H and O–H groups in total. The van der Waals surface area contributed by atoms with Crippen molar-refractivity contribution >= 4 is 11.2 Å². The van der Waals surface area contributed by atoms with Crippen molar-refractivity contribution in [1.29, 1.82) is 0 Å². The summed E-state index contributed by atoms with van der Waals surface area (Å²) in [5.41, 5.74) is -2.15. The molecule has 7 nitrogen and oxygen atoms in total. The van der Waals surface area contributed by atoms with Gasteiger partial charge >= 0.3 is 0 Å². The van der Waals surface area contributed by atoms with Crippen LogP contribution < -0.4 is 5.56 Å². The van der Waals surface area contributed by atoms with Gasteiger partial charge in [0.1, 0.15) is 11.9 Å². The molecule has 2 aromatic heterocycles. The van der Waals surface area contributed by atoms with E-state index in [9.17, 15) is 18.7 Å². The van der Waals surface area contributed by atoms with E-state index in [-0.39, 0.29) is 11.2 Å². The zero-order valence-corrected chi connectivity index (χ0v) is 12.1. The van der Waals surface area contributed by atoms with E-state index in [4.69, 9.17) is 0 Å². The molecular weight excluding hydrogens is 308 g/mol. The summed E-state index contributed by atoms with van der Waals surface area (Å²) in [5.74, 6) is 0. The summed E-state index contributed by atoms with van der Waals surface area (Å²) in [5, 5.41) is 17.3. The van der Waals surface area contributed by atoms with E-state index >= 15 is 0 Å². The molecule has 0 spiro atoms. The standard InChI is InChI=1S/C14H13F2N5O2/c1-14(23,13(15)16)7-20-8-17-11-10(12(20)22)18-19-21(11)9-5-3-2-4-6-9/h2-6,8,13,23H,7H2,1H3. The normalized spacial score (nSPS) is 14.3. The lowest BCUT2D eigenvalue weighted by atomic mass is 10.1. The highest BCUT2D eigenvalue weighted by molar-refractivity contribution is 5.70. The van der Waals surface area contributed by atoms with Crippen LogP contribution in [0.15, 0.2) is 41.5 Å². The molecule has 0 aliphatic carbocycles. The summed E-state index contributed by atoms with van der Waals surface area (Å²) >= 11 is 0. The molecule has 3 aromatic rings. The molecule has 0 radical (unpaired) electrons. The summed E-state index contributed by atoms with van der Waals surface area (Å²) in [6.45, 7) is 0.361. The second-order valence-electron chi connectivity index (χ2n) is 5.34. The van der Waals surface area contributed by atoms with Crippen LogP contribution in [0.1, 0.15) is 6.92 Å². The van der Waals surface area contributed by atoms with Gasteiger partial charge in [0, 0.05) is 0 Å². The lowest BCUT2D eigenvalue weighted by Gasteiger charge is -2.22. The summed E-state index contributed by atoms with van der Waals surface area (Å²) < 4.78 is 27.8. The number of aliphatic hydroxyl groups is 1. The average Bonchev–Trinajstić information content (AvgIpc) is 2.95. The number of alkyl halides is 2. The summed E-state index contributed by atoms with van der Waals surface area (Å²) in [6, 6.07) is 8.95. The van der Waals surface area contributed by atoms with Crippen LogP contribution in [-0.4, -0.2) is 41.7 Å². The zero-order valence-electron chi connectivity index (χ0n) is 12.1. The fourth-order valence-electron chi connectivity index (χ4n) is 2.11. The van der Waals surface area contributed by atoms with Crippen molar-refractivity contribution in [3.8, 4) is 5.69 Å². The monoisotopic (exact) mass is 321 g/mol. The minimum atomic E-state index is -3.00. The number of aromatic nitrogens is 5. The number of benzene rings is 1. The van der Waals surface area contributed by atoms with Gasteiger partial charge in [-0.3, -0.25) is 9.36 Å². The molecular formula is C14H13F2N5O2. The van der Waals surface area contributed by atoms with Gasteiger partial charge in [-0.2, -0.15) is 4.68 Å². The predicted octanol–water partition coefficient (Wildman–Crippen LogP) is 0.993. The maximum atomic E-state index is 12.8. The fraction of sp³-hybridized carbons (Fsp3) is 0.286. The van der Waals surface area contributed by atoms with Gasteiger partial charge in [0.05, 0.1) is 12.2 Å². The molecule has 0 aliphatic heterocycles. The van der Waals surface area contributed by atoms with Gasteiger partial charge in [-0.05, 0) is 19.1 Å². The van der Waals surface area contributed by atoms with Crippen LogP contribution in [0.5, 0.6) is 0 Å². The van der Waals surface area contributed by atoms with E-state index < -0.39 is 24.1 Å². The molecule has 120 valence electrons. The van der Waals surface area contributed by atoms with Gasteiger partial charge in [-0.25, -0.2) is 13.8 Å². The lowest BCUT2D eigenvalue weighted by Crippen LogP contribution is -2.41. The van der Waals surface area contributed by atoms with Crippen molar-refractivity contribution in [2.45, 2.75) is 25.5 Å². The van der Waals surface area contributed by atoms with E-state index in [2.05, 4.69) is 15.3 Å². The zero-order chi connectivity index (χ0) is 16.6. The van der Waals surface area contributed by atoms with E-state index in [1.165, 1.54) is 4.68 Å². The second-order valence-corrected chi connectivity index (χ2v) is 5.34. The Morgan fingerprint density at radius 3 is 2.65 bits per heavy atom. The first-order valence-corrected chi connectivity index (χ1v) is 6.77. The van der Waals surface area contributed by atoms with E-state index in [0.29, 0.717) is 5.69 Å². The van der Waals surface area contributed by atoms with Crippen molar-refractivity contribution in [1.82, 2.24) is 24.5 Å². The predicted molar refractivity (Wildman–Crippen MR) is 77.5 cm³/mol. The van der Waals surface area contributed by atoms with E-state index in [1.54, 1.807) is 24.3 Å². The SMILES string of the molecule is CC(O)(Cn1cnc2c(nnn2-c2ccccc2)c1=O)C(F)F. The Labute approximate surface area is 128 Å².